The molecule has 0 aliphatic rings. The molecule has 276 valence electrons. The van der Waals surface area contributed by atoms with Crippen LogP contribution in [0.15, 0.2) is 218 Å². The third-order valence-corrected chi connectivity index (χ3v) is 11.9. The summed E-state index contributed by atoms with van der Waals surface area (Å²) in [6.07, 6.45) is 0. The summed E-state index contributed by atoms with van der Waals surface area (Å²) in [5.74, 6) is 0.922. The minimum absolute atomic E-state index is 0.922. The van der Waals surface area contributed by atoms with Crippen LogP contribution < -0.4 is 0 Å². The molecule has 0 aliphatic heterocycles. The van der Waals surface area contributed by atoms with Gasteiger partial charge in [0, 0.05) is 44.2 Å². The second-order valence-corrected chi connectivity index (χ2v) is 15.2. The lowest BCUT2D eigenvalue weighted by Gasteiger charge is -2.13. The fraction of sp³-hybridized carbons (Fsp3) is 0. The monoisotopic (exact) mass is 752 g/mol. The summed E-state index contributed by atoms with van der Waals surface area (Å²) in [7, 11) is 0. The molecule has 3 aromatic heterocycles. The molecule has 12 rings (SSSR count). The number of hydrogen-bond donors (Lipinski definition) is 0. The minimum atomic E-state index is 0.922. The lowest BCUT2D eigenvalue weighted by Crippen LogP contribution is -1.99. The Morgan fingerprint density at radius 3 is 1.25 bits per heavy atom. The van der Waals surface area contributed by atoms with Crippen LogP contribution in [0.3, 0.4) is 0 Å². The van der Waals surface area contributed by atoms with E-state index in [0.717, 1.165) is 33.8 Å². The normalized spacial score (nSPS) is 11.7. The molecule has 59 heavy (non-hydrogen) atoms. The first kappa shape index (κ1) is 33.2. The highest BCUT2D eigenvalue weighted by Crippen LogP contribution is 2.39. The predicted octanol–water partition coefficient (Wildman–Crippen LogP) is 14.2. The number of hydrogen-bond acceptors (Lipinski definition) is 1. The first-order valence-corrected chi connectivity index (χ1v) is 20.1. The number of fused-ring (bicyclic) bond motifs is 7. The molecule has 0 N–H and O–H groups in total. The van der Waals surface area contributed by atoms with Gasteiger partial charge in [-0.05, 0) is 107 Å². The van der Waals surface area contributed by atoms with Crippen molar-refractivity contribution in [3.8, 4) is 50.7 Å². The first-order valence-electron chi connectivity index (χ1n) is 20.1. The summed E-state index contributed by atoms with van der Waals surface area (Å²) >= 11 is 0. The van der Waals surface area contributed by atoms with Crippen LogP contribution in [0.25, 0.3) is 105 Å². The van der Waals surface area contributed by atoms with Crippen molar-refractivity contribution in [3.05, 3.63) is 218 Å². The van der Waals surface area contributed by atoms with Crippen LogP contribution in [-0.2, 0) is 0 Å². The largest absolute Gasteiger partial charge is 0.309 e. The minimum Gasteiger partial charge on any atom is -0.309 e. The summed E-state index contributed by atoms with van der Waals surface area (Å²) in [4.78, 5) is 5.15. The van der Waals surface area contributed by atoms with Crippen molar-refractivity contribution in [2.45, 2.75) is 0 Å². The zero-order chi connectivity index (χ0) is 38.9. The molecule has 0 fully saturated rings. The van der Waals surface area contributed by atoms with Crippen LogP contribution in [0.5, 0.6) is 0 Å². The predicted molar refractivity (Wildman–Crippen MR) is 246 cm³/mol. The fourth-order valence-corrected chi connectivity index (χ4v) is 9.11. The molecule has 0 saturated heterocycles. The summed E-state index contributed by atoms with van der Waals surface area (Å²) in [5, 5.41) is 4.97. The van der Waals surface area contributed by atoms with Crippen LogP contribution in [-0.4, -0.2) is 18.7 Å². The van der Waals surface area contributed by atoms with E-state index in [2.05, 4.69) is 232 Å². The van der Waals surface area contributed by atoms with Crippen LogP contribution >= 0.6 is 0 Å². The molecule has 0 radical (unpaired) electrons. The Morgan fingerprint density at radius 1 is 0.254 bits per heavy atom. The second kappa shape index (κ2) is 13.3. The van der Waals surface area contributed by atoms with Crippen LogP contribution in [0.2, 0.25) is 0 Å². The van der Waals surface area contributed by atoms with Crippen LogP contribution in [0.1, 0.15) is 0 Å². The van der Waals surface area contributed by atoms with Crippen molar-refractivity contribution in [1.82, 2.24) is 18.7 Å². The van der Waals surface area contributed by atoms with Gasteiger partial charge < -0.3 is 9.13 Å². The Bertz CT molecular complexity index is 3520. The van der Waals surface area contributed by atoms with Gasteiger partial charge in [-0.15, -0.1) is 0 Å². The number of benzene rings is 9. The molecular formula is C55H36N4. The maximum absolute atomic E-state index is 5.15. The van der Waals surface area contributed by atoms with E-state index in [4.69, 9.17) is 4.98 Å². The molecule has 0 unspecified atom stereocenters. The summed E-state index contributed by atoms with van der Waals surface area (Å²) in [6, 6.07) is 78.5. The number of nitrogens with zero attached hydrogens (tertiary/aromatic N) is 4. The van der Waals surface area contributed by atoms with Gasteiger partial charge in [0.2, 0.25) is 0 Å². The standard InChI is InChI=1S/C55H36N4/c1-3-13-37(14-4-1)38-23-25-39(26-24-38)55-56-49-19-9-12-22-54(49)59(55)44-31-29-43(30-32-44)58-51-21-11-8-18-46(51)48-36-41(28-34-53(48)58)40-27-33-52-47(35-40)45-17-7-10-20-50(45)57(52)42-15-5-2-6-16-42/h1-36H. The average molecular weight is 753 g/mol. The van der Waals surface area contributed by atoms with Gasteiger partial charge in [-0.25, -0.2) is 4.98 Å². The summed E-state index contributed by atoms with van der Waals surface area (Å²) in [5.41, 5.74) is 16.0. The zero-order valence-corrected chi connectivity index (χ0v) is 32.1. The molecule has 0 spiro atoms. The van der Waals surface area contributed by atoms with E-state index in [1.54, 1.807) is 0 Å². The maximum Gasteiger partial charge on any atom is 0.145 e. The molecule has 9 aromatic carbocycles. The second-order valence-electron chi connectivity index (χ2n) is 15.2. The van der Waals surface area contributed by atoms with Gasteiger partial charge in [-0.2, -0.15) is 0 Å². The zero-order valence-electron chi connectivity index (χ0n) is 32.1. The van der Waals surface area contributed by atoms with Crippen molar-refractivity contribution in [3.63, 3.8) is 0 Å². The van der Waals surface area contributed by atoms with Crippen molar-refractivity contribution in [2.24, 2.45) is 0 Å². The van der Waals surface area contributed by atoms with E-state index in [-0.39, 0.29) is 0 Å². The van der Waals surface area contributed by atoms with E-state index in [0.29, 0.717) is 0 Å². The number of para-hydroxylation sites is 5. The topological polar surface area (TPSA) is 27.7 Å². The highest BCUT2D eigenvalue weighted by atomic mass is 15.1. The molecule has 0 amide bonds. The van der Waals surface area contributed by atoms with E-state index in [1.165, 1.54) is 71.6 Å². The van der Waals surface area contributed by atoms with Crippen molar-refractivity contribution < 1.29 is 0 Å². The van der Waals surface area contributed by atoms with E-state index in [9.17, 15) is 0 Å². The van der Waals surface area contributed by atoms with Crippen molar-refractivity contribution in [2.75, 3.05) is 0 Å². The smallest absolute Gasteiger partial charge is 0.145 e. The Morgan fingerprint density at radius 2 is 0.661 bits per heavy atom. The number of aromatic nitrogens is 4. The summed E-state index contributed by atoms with van der Waals surface area (Å²) in [6.45, 7) is 0. The highest BCUT2D eigenvalue weighted by Gasteiger charge is 2.18. The van der Waals surface area contributed by atoms with Gasteiger partial charge in [0.05, 0.1) is 33.1 Å². The maximum atomic E-state index is 5.15. The molecule has 0 atom stereocenters. The molecule has 12 aromatic rings. The number of rotatable bonds is 6. The lowest BCUT2D eigenvalue weighted by molar-refractivity contribution is 1.09. The van der Waals surface area contributed by atoms with Gasteiger partial charge in [-0.3, -0.25) is 4.57 Å². The Labute approximate surface area is 341 Å². The van der Waals surface area contributed by atoms with E-state index < -0.39 is 0 Å². The highest BCUT2D eigenvalue weighted by molar-refractivity contribution is 6.12. The third kappa shape index (κ3) is 5.34. The van der Waals surface area contributed by atoms with Crippen LogP contribution in [0.4, 0.5) is 0 Å². The lowest BCUT2D eigenvalue weighted by atomic mass is 10.0. The molecule has 0 saturated carbocycles. The van der Waals surface area contributed by atoms with Gasteiger partial charge >= 0.3 is 0 Å². The van der Waals surface area contributed by atoms with Crippen molar-refractivity contribution in [1.29, 1.82) is 0 Å². The molecule has 3 heterocycles. The van der Waals surface area contributed by atoms with E-state index in [1.807, 2.05) is 0 Å². The first-order chi connectivity index (χ1) is 29.3. The number of imidazole rings is 1. The quantitative estimate of drug-likeness (QED) is 0.166. The van der Waals surface area contributed by atoms with Crippen molar-refractivity contribution >= 4 is 54.6 Å². The molecule has 0 bridgehead atoms. The average Bonchev–Trinajstić information content (AvgIpc) is 3.97. The Kier molecular flexibility index (Phi) is 7.50. The molecule has 0 aliphatic carbocycles. The fourth-order valence-electron chi connectivity index (χ4n) is 9.11. The Hall–Kier alpha value is -7.95. The SMILES string of the molecule is c1ccc(-c2ccc(-c3nc4ccccc4n3-c3ccc(-n4c5ccccc5c5cc(-c6ccc7c(c6)c6ccccc6n7-c6ccccc6)ccc54)cc3)cc2)cc1. The third-order valence-electron chi connectivity index (χ3n) is 11.9. The van der Waals surface area contributed by atoms with E-state index >= 15 is 0 Å². The van der Waals surface area contributed by atoms with Gasteiger partial charge in [-0.1, -0.05) is 133 Å². The van der Waals surface area contributed by atoms with Gasteiger partial charge in [0.25, 0.3) is 0 Å². The Balaban J connectivity index is 0.950. The molecule has 4 nitrogen and oxygen atoms in total. The summed E-state index contributed by atoms with van der Waals surface area (Å²) < 4.78 is 7.04. The van der Waals surface area contributed by atoms with Crippen LogP contribution in [0, 0.1) is 0 Å². The molecular weight excluding hydrogens is 717 g/mol. The molecule has 4 heteroatoms. The van der Waals surface area contributed by atoms with Gasteiger partial charge in [0.1, 0.15) is 5.82 Å². The van der Waals surface area contributed by atoms with Gasteiger partial charge in [0.15, 0.2) is 0 Å².